The smallest absolute Gasteiger partial charge is 0.319 e. The first-order chi connectivity index (χ1) is 12.2. The SMILES string of the molecule is COc1cccc(OCCNC(=O)Nc2ccc(OC)cc2OC)c1. The molecule has 2 N–H and O–H groups in total. The van der Waals surface area contributed by atoms with E-state index in [0.717, 1.165) is 5.75 Å². The van der Waals surface area contributed by atoms with Crippen LogP contribution in [0.3, 0.4) is 0 Å². The summed E-state index contributed by atoms with van der Waals surface area (Å²) in [5, 5.41) is 5.44. The minimum atomic E-state index is -0.349. The fourth-order valence-electron chi connectivity index (χ4n) is 2.09. The molecule has 0 saturated carbocycles. The highest BCUT2D eigenvalue weighted by atomic mass is 16.5. The van der Waals surface area contributed by atoms with Crippen LogP contribution in [0.1, 0.15) is 0 Å². The molecule has 7 heteroatoms. The Hall–Kier alpha value is -3.09. The van der Waals surface area contributed by atoms with Gasteiger partial charge in [-0.05, 0) is 24.3 Å². The Bertz CT molecular complexity index is 706. The number of hydrogen-bond donors (Lipinski definition) is 2. The Morgan fingerprint density at radius 2 is 1.64 bits per heavy atom. The molecule has 0 heterocycles. The molecule has 7 nitrogen and oxygen atoms in total. The van der Waals surface area contributed by atoms with E-state index < -0.39 is 0 Å². The van der Waals surface area contributed by atoms with Gasteiger partial charge in [-0.25, -0.2) is 4.79 Å². The van der Waals surface area contributed by atoms with E-state index in [0.29, 0.717) is 36.1 Å². The van der Waals surface area contributed by atoms with Gasteiger partial charge in [-0.3, -0.25) is 0 Å². The zero-order chi connectivity index (χ0) is 18.1. The molecule has 0 unspecified atom stereocenters. The van der Waals surface area contributed by atoms with Gasteiger partial charge in [-0.1, -0.05) is 6.07 Å². The second-order valence-corrected chi connectivity index (χ2v) is 4.97. The number of rotatable bonds is 8. The van der Waals surface area contributed by atoms with Crippen LogP contribution in [-0.4, -0.2) is 40.5 Å². The molecule has 0 saturated heterocycles. The summed E-state index contributed by atoms with van der Waals surface area (Å²) in [7, 11) is 4.69. The molecule has 0 aliphatic carbocycles. The van der Waals surface area contributed by atoms with Gasteiger partial charge >= 0.3 is 6.03 Å². The third-order valence-electron chi connectivity index (χ3n) is 3.35. The van der Waals surface area contributed by atoms with Gasteiger partial charge in [0, 0.05) is 12.1 Å². The third kappa shape index (κ3) is 5.49. The highest BCUT2D eigenvalue weighted by Gasteiger charge is 2.08. The maximum atomic E-state index is 12.0. The van der Waals surface area contributed by atoms with Gasteiger partial charge in [0.05, 0.1) is 33.6 Å². The topological polar surface area (TPSA) is 78.1 Å². The Morgan fingerprint density at radius 3 is 2.36 bits per heavy atom. The zero-order valence-electron chi connectivity index (χ0n) is 14.5. The molecular formula is C18H22N2O5. The van der Waals surface area contributed by atoms with Crippen molar-refractivity contribution in [1.82, 2.24) is 5.32 Å². The molecule has 0 aliphatic heterocycles. The highest BCUT2D eigenvalue weighted by molar-refractivity contribution is 5.91. The molecule has 0 spiro atoms. The number of benzene rings is 2. The summed E-state index contributed by atoms with van der Waals surface area (Å²) in [6.45, 7) is 0.682. The summed E-state index contributed by atoms with van der Waals surface area (Å²) >= 11 is 0. The predicted molar refractivity (Wildman–Crippen MR) is 95.1 cm³/mol. The van der Waals surface area contributed by atoms with Gasteiger partial charge in [-0.15, -0.1) is 0 Å². The van der Waals surface area contributed by atoms with Crippen LogP contribution in [0.5, 0.6) is 23.0 Å². The van der Waals surface area contributed by atoms with Crippen LogP contribution >= 0.6 is 0 Å². The molecule has 2 aromatic rings. The minimum absolute atomic E-state index is 0.334. The van der Waals surface area contributed by atoms with E-state index in [-0.39, 0.29) is 6.03 Å². The first-order valence-electron chi connectivity index (χ1n) is 7.70. The van der Waals surface area contributed by atoms with Crippen molar-refractivity contribution in [2.24, 2.45) is 0 Å². The number of urea groups is 1. The van der Waals surface area contributed by atoms with Crippen molar-refractivity contribution in [2.75, 3.05) is 39.8 Å². The van der Waals surface area contributed by atoms with Crippen molar-refractivity contribution in [1.29, 1.82) is 0 Å². The maximum Gasteiger partial charge on any atom is 0.319 e. The Balaban J connectivity index is 1.79. The summed E-state index contributed by atoms with van der Waals surface area (Å²) in [6, 6.07) is 12.1. The summed E-state index contributed by atoms with van der Waals surface area (Å²) in [5.41, 5.74) is 0.550. The lowest BCUT2D eigenvalue weighted by Crippen LogP contribution is -2.32. The molecule has 0 radical (unpaired) electrons. The van der Waals surface area contributed by atoms with Gasteiger partial charge in [-0.2, -0.15) is 0 Å². The number of methoxy groups -OCH3 is 3. The van der Waals surface area contributed by atoms with Gasteiger partial charge in [0.15, 0.2) is 0 Å². The van der Waals surface area contributed by atoms with Crippen LogP contribution in [0.4, 0.5) is 10.5 Å². The first kappa shape index (κ1) is 18.3. The molecule has 0 aliphatic rings. The van der Waals surface area contributed by atoms with Crippen LogP contribution in [-0.2, 0) is 0 Å². The van der Waals surface area contributed by atoms with Crippen molar-refractivity contribution < 1.29 is 23.7 Å². The van der Waals surface area contributed by atoms with E-state index in [1.165, 1.54) is 7.11 Å². The zero-order valence-corrected chi connectivity index (χ0v) is 14.5. The Morgan fingerprint density at radius 1 is 0.920 bits per heavy atom. The fraction of sp³-hybridized carbons (Fsp3) is 0.278. The average Bonchev–Trinajstić information content (AvgIpc) is 2.65. The molecular weight excluding hydrogens is 324 g/mol. The number of carbonyl (C=O) groups is 1. The van der Waals surface area contributed by atoms with Crippen molar-refractivity contribution in [2.45, 2.75) is 0 Å². The Kier molecular flexibility index (Phi) is 6.76. The number of anilines is 1. The van der Waals surface area contributed by atoms with Crippen molar-refractivity contribution in [3.8, 4) is 23.0 Å². The lowest BCUT2D eigenvalue weighted by Gasteiger charge is -2.13. The van der Waals surface area contributed by atoms with E-state index in [4.69, 9.17) is 18.9 Å². The molecule has 134 valence electrons. The molecule has 2 rings (SSSR count). The second kappa shape index (κ2) is 9.27. The number of hydrogen-bond acceptors (Lipinski definition) is 5. The van der Waals surface area contributed by atoms with Gasteiger partial charge in [0.1, 0.15) is 29.6 Å². The number of nitrogens with one attached hydrogen (secondary N) is 2. The Labute approximate surface area is 146 Å². The standard InChI is InChI=1S/C18H22N2O5/c1-22-13-5-4-6-15(11-13)25-10-9-19-18(21)20-16-8-7-14(23-2)12-17(16)24-3/h4-8,11-12H,9-10H2,1-3H3,(H2,19,20,21). The third-order valence-corrected chi connectivity index (χ3v) is 3.35. The largest absolute Gasteiger partial charge is 0.497 e. The molecule has 0 atom stereocenters. The molecule has 0 fully saturated rings. The first-order valence-corrected chi connectivity index (χ1v) is 7.70. The summed E-state index contributed by atoms with van der Waals surface area (Å²) in [5.74, 6) is 2.56. The summed E-state index contributed by atoms with van der Waals surface area (Å²) in [4.78, 5) is 12.0. The van der Waals surface area contributed by atoms with Crippen molar-refractivity contribution >= 4 is 11.7 Å². The van der Waals surface area contributed by atoms with Gasteiger partial charge < -0.3 is 29.6 Å². The van der Waals surface area contributed by atoms with E-state index in [1.54, 1.807) is 38.5 Å². The summed E-state index contributed by atoms with van der Waals surface area (Å²) in [6.07, 6.45) is 0. The van der Waals surface area contributed by atoms with Crippen molar-refractivity contribution in [3.63, 3.8) is 0 Å². The van der Waals surface area contributed by atoms with E-state index in [2.05, 4.69) is 10.6 Å². The lowest BCUT2D eigenvalue weighted by molar-refractivity contribution is 0.247. The maximum absolute atomic E-state index is 12.0. The number of carbonyl (C=O) groups excluding carboxylic acids is 1. The van der Waals surface area contributed by atoms with Crippen LogP contribution in [0, 0.1) is 0 Å². The van der Waals surface area contributed by atoms with Crippen LogP contribution in [0.2, 0.25) is 0 Å². The fourth-order valence-corrected chi connectivity index (χ4v) is 2.09. The monoisotopic (exact) mass is 346 g/mol. The highest BCUT2D eigenvalue weighted by Crippen LogP contribution is 2.28. The van der Waals surface area contributed by atoms with Crippen LogP contribution in [0.25, 0.3) is 0 Å². The second-order valence-electron chi connectivity index (χ2n) is 4.97. The minimum Gasteiger partial charge on any atom is -0.497 e. The van der Waals surface area contributed by atoms with E-state index >= 15 is 0 Å². The van der Waals surface area contributed by atoms with Gasteiger partial charge in [0.2, 0.25) is 0 Å². The molecule has 25 heavy (non-hydrogen) atoms. The van der Waals surface area contributed by atoms with E-state index in [1.807, 2.05) is 18.2 Å². The van der Waals surface area contributed by atoms with Crippen molar-refractivity contribution in [3.05, 3.63) is 42.5 Å². The molecule has 2 aromatic carbocycles. The van der Waals surface area contributed by atoms with Crippen LogP contribution < -0.4 is 29.6 Å². The number of ether oxygens (including phenoxy) is 4. The molecule has 2 amide bonds. The average molecular weight is 346 g/mol. The molecule has 0 bridgehead atoms. The normalized spacial score (nSPS) is 9.88. The quantitative estimate of drug-likeness (QED) is 0.719. The number of amides is 2. The molecule has 0 aromatic heterocycles. The summed E-state index contributed by atoms with van der Waals surface area (Å²) < 4.78 is 21.0. The van der Waals surface area contributed by atoms with E-state index in [9.17, 15) is 4.79 Å². The lowest BCUT2D eigenvalue weighted by atomic mass is 10.2. The van der Waals surface area contributed by atoms with Crippen LogP contribution in [0.15, 0.2) is 42.5 Å². The van der Waals surface area contributed by atoms with Gasteiger partial charge in [0.25, 0.3) is 0 Å². The predicted octanol–water partition coefficient (Wildman–Crippen LogP) is 2.91.